The van der Waals surface area contributed by atoms with Gasteiger partial charge in [0.05, 0.1) is 5.69 Å². The van der Waals surface area contributed by atoms with Crippen LogP contribution in [0.2, 0.25) is 0 Å². The summed E-state index contributed by atoms with van der Waals surface area (Å²) in [7, 11) is 4.39. The molecule has 0 bridgehead atoms. The van der Waals surface area contributed by atoms with Crippen LogP contribution in [0.1, 0.15) is 44.3 Å². The summed E-state index contributed by atoms with van der Waals surface area (Å²) in [6, 6.07) is 0.260. The fraction of sp³-hybridized carbons (Fsp3) is 0.714. The third-order valence-corrected chi connectivity index (χ3v) is 4.25. The summed E-state index contributed by atoms with van der Waals surface area (Å²) in [6.07, 6.45) is 10.6. The number of hydrogen-bond donors (Lipinski definition) is 1. The van der Waals surface area contributed by atoms with Gasteiger partial charge in [-0.2, -0.15) is 0 Å². The van der Waals surface area contributed by atoms with Gasteiger partial charge in [0.25, 0.3) is 0 Å². The summed E-state index contributed by atoms with van der Waals surface area (Å²) in [5, 5.41) is 3.62. The number of aromatic nitrogens is 2. The molecular formula is C14H24N4. The Morgan fingerprint density at radius 2 is 2.06 bits per heavy atom. The zero-order valence-electron chi connectivity index (χ0n) is 11.7. The summed E-state index contributed by atoms with van der Waals surface area (Å²) in [4.78, 5) is 10.9. The van der Waals surface area contributed by atoms with Gasteiger partial charge >= 0.3 is 0 Å². The highest BCUT2D eigenvalue weighted by Gasteiger charge is 2.35. The van der Waals surface area contributed by atoms with E-state index in [2.05, 4.69) is 41.2 Å². The zero-order valence-corrected chi connectivity index (χ0v) is 11.7. The van der Waals surface area contributed by atoms with Crippen molar-refractivity contribution in [3.63, 3.8) is 0 Å². The topological polar surface area (TPSA) is 41.0 Å². The summed E-state index contributed by atoms with van der Waals surface area (Å²) in [5.74, 6) is 0. The largest absolute Gasteiger partial charge is 0.307 e. The average Bonchev–Trinajstić information content (AvgIpc) is 2.87. The lowest BCUT2D eigenvalue weighted by molar-refractivity contribution is 0.150. The molecule has 1 unspecified atom stereocenters. The van der Waals surface area contributed by atoms with Crippen LogP contribution in [-0.4, -0.2) is 41.0 Å². The third kappa shape index (κ3) is 2.87. The first-order chi connectivity index (χ1) is 8.64. The van der Waals surface area contributed by atoms with Crippen LogP contribution < -0.4 is 5.32 Å². The van der Waals surface area contributed by atoms with Crippen LogP contribution in [0.5, 0.6) is 0 Å². The molecule has 100 valence electrons. The van der Waals surface area contributed by atoms with Crippen molar-refractivity contribution in [2.45, 2.75) is 44.2 Å². The fourth-order valence-electron chi connectivity index (χ4n) is 2.80. The van der Waals surface area contributed by atoms with Crippen LogP contribution in [0.4, 0.5) is 0 Å². The van der Waals surface area contributed by atoms with Crippen molar-refractivity contribution >= 4 is 0 Å². The van der Waals surface area contributed by atoms with Crippen molar-refractivity contribution in [3.05, 3.63) is 24.3 Å². The quantitative estimate of drug-likeness (QED) is 0.865. The highest BCUT2D eigenvalue weighted by Crippen LogP contribution is 2.33. The Bertz CT molecular complexity index is 357. The summed E-state index contributed by atoms with van der Waals surface area (Å²) in [5.41, 5.74) is 1.35. The molecule has 1 aliphatic carbocycles. The first kappa shape index (κ1) is 13.4. The van der Waals surface area contributed by atoms with Gasteiger partial charge in [-0.25, -0.2) is 0 Å². The molecule has 4 nitrogen and oxygen atoms in total. The normalized spacial score (nSPS) is 20.2. The Labute approximate surface area is 110 Å². The van der Waals surface area contributed by atoms with Gasteiger partial charge in [0.15, 0.2) is 0 Å². The van der Waals surface area contributed by atoms with Gasteiger partial charge in [0, 0.05) is 36.7 Å². The molecule has 1 heterocycles. The Kier molecular flexibility index (Phi) is 4.30. The van der Waals surface area contributed by atoms with E-state index in [0.29, 0.717) is 5.54 Å². The zero-order chi connectivity index (χ0) is 13.0. The number of hydrogen-bond acceptors (Lipinski definition) is 4. The first-order valence-corrected chi connectivity index (χ1v) is 6.81. The van der Waals surface area contributed by atoms with Gasteiger partial charge in [-0.15, -0.1) is 0 Å². The van der Waals surface area contributed by atoms with Crippen molar-refractivity contribution in [2.75, 3.05) is 20.6 Å². The summed E-state index contributed by atoms with van der Waals surface area (Å²) >= 11 is 0. The van der Waals surface area contributed by atoms with E-state index in [4.69, 9.17) is 0 Å². The van der Waals surface area contributed by atoms with Crippen LogP contribution in [0.3, 0.4) is 0 Å². The highest BCUT2D eigenvalue weighted by atomic mass is 15.2. The predicted octanol–water partition coefficient (Wildman–Crippen LogP) is 2.00. The molecule has 1 fully saturated rings. The molecule has 0 saturated heterocycles. The smallest absolute Gasteiger partial charge is 0.0753 e. The van der Waals surface area contributed by atoms with E-state index in [-0.39, 0.29) is 6.04 Å². The molecule has 0 radical (unpaired) electrons. The third-order valence-electron chi connectivity index (χ3n) is 4.25. The Balaban J connectivity index is 1.94. The van der Waals surface area contributed by atoms with Crippen LogP contribution in [0.15, 0.2) is 18.6 Å². The van der Waals surface area contributed by atoms with Gasteiger partial charge in [0.2, 0.25) is 0 Å². The minimum atomic E-state index is 0.260. The van der Waals surface area contributed by atoms with Crippen molar-refractivity contribution in [1.29, 1.82) is 0 Å². The lowest BCUT2D eigenvalue weighted by atomic mass is 9.95. The van der Waals surface area contributed by atoms with Gasteiger partial charge in [-0.1, -0.05) is 12.8 Å². The van der Waals surface area contributed by atoms with E-state index in [1.54, 1.807) is 12.4 Å². The average molecular weight is 248 g/mol. The summed E-state index contributed by atoms with van der Waals surface area (Å²) in [6.45, 7) is 3.18. The number of rotatable bonds is 5. The molecule has 4 heteroatoms. The monoisotopic (exact) mass is 248 g/mol. The molecule has 1 saturated carbocycles. The van der Waals surface area contributed by atoms with Gasteiger partial charge in [-0.05, 0) is 33.9 Å². The van der Waals surface area contributed by atoms with Crippen LogP contribution in [-0.2, 0) is 0 Å². The van der Waals surface area contributed by atoms with Crippen LogP contribution in [0.25, 0.3) is 0 Å². The molecule has 1 N–H and O–H groups in total. The van der Waals surface area contributed by atoms with Gasteiger partial charge in [-0.3, -0.25) is 9.97 Å². The predicted molar refractivity (Wildman–Crippen MR) is 73.3 cm³/mol. The molecule has 0 spiro atoms. The molecule has 1 aromatic rings. The van der Waals surface area contributed by atoms with Gasteiger partial charge in [0.1, 0.15) is 0 Å². The maximum absolute atomic E-state index is 4.35. The Hall–Kier alpha value is -1.00. The van der Waals surface area contributed by atoms with Crippen molar-refractivity contribution in [3.8, 4) is 0 Å². The van der Waals surface area contributed by atoms with Gasteiger partial charge < -0.3 is 10.2 Å². The number of nitrogens with one attached hydrogen (secondary N) is 1. The van der Waals surface area contributed by atoms with E-state index in [9.17, 15) is 0 Å². The molecule has 2 rings (SSSR count). The van der Waals surface area contributed by atoms with Crippen LogP contribution in [0, 0.1) is 0 Å². The second-order valence-electron chi connectivity index (χ2n) is 5.56. The highest BCUT2D eigenvalue weighted by molar-refractivity contribution is 5.02. The molecule has 0 aliphatic heterocycles. The molecular weight excluding hydrogens is 224 g/mol. The maximum Gasteiger partial charge on any atom is 0.0753 e. The lowest BCUT2D eigenvalue weighted by Gasteiger charge is -2.37. The standard InChI is InChI=1S/C14H24N4/c1-12(13-10-15-8-9-16-13)17-11-14(18(2)3)6-4-5-7-14/h8-10,12,17H,4-7,11H2,1-3H3. The van der Waals surface area contributed by atoms with Crippen molar-refractivity contribution < 1.29 is 0 Å². The maximum atomic E-state index is 4.35. The molecule has 18 heavy (non-hydrogen) atoms. The first-order valence-electron chi connectivity index (χ1n) is 6.81. The van der Waals surface area contributed by atoms with E-state index < -0.39 is 0 Å². The van der Waals surface area contributed by atoms with E-state index in [1.807, 2.05) is 6.20 Å². The van der Waals surface area contributed by atoms with E-state index >= 15 is 0 Å². The lowest BCUT2D eigenvalue weighted by Crippen LogP contribution is -2.50. The second kappa shape index (κ2) is 5.76. The summed E-state index contributed by atoms with van der Waals surface area (Å²) < 4.78 is 0. The molecule has 1 aliphatic rings. The van der Waals surface area contributed by atoms with E-state index in [0.717, 1.165) is 12.2 Å². The van der Waals surface area contributed by atoms with Crippen molar-refractivity contribution in [1.82, 2.24) is 20.2 Å². The molecule has 0 amide bonds. The molecule has 1 aromatic heterocycles. The van der Waals surface area contributed by atoms with Crippen molar-refractivity contribution in [2.24, 2.45) is 0 Å². The Morgan fingerprint density at radius 3 is 2.61 bits per heavy atom. The fourth-order valence-corrected chi connectivity index (χ4v) is 2.80. The second-order valence-corrected chi connectivity index (χ2v) is 5.56. The Morgan fingerprint density at radius 1 is 1.33 bits per heavy atom. The van der Waals surface area contributed by atoms with Crippen LogP contribution >= 0.6 is 0 Å². The number of nitrogens with zero attached hydrogens (tertiary/aromatic N) is 3. The number of likely N-dealkylation sites (N-methyl/N-ethyl adjacent to an activating group) is 1. The minimum Gasteiger partial charge on any atom is -0.307 e. The molecule has 1 atom stereocenters. The minimum absolute atomic E-state index is 0.260. The molecule has 0 aromatic carbocycles. The SMILES string of the molecule is CC(NCC1(N(C)C)CCCC1)c1cnccn1. The van der Waals surface area contributed by atoms with E-state index in [1.165, 1.54) is 25.7 Å².